The molecule has 0 bridgehead atoms. The Hall–Kier alpha value is -0.160. The van der Waals surface area contributed by atoms with Crippen LogP contribution in [0.1, 0.15) is 53.4 Å². The zero-order valence-electron chi connectivity index (χ0n) is 16.6. The Labute approximate surface area is 150 Å². The van der Waals surface area contributed by atoms with Gasteiger partial charge >= 0.3 is 0 Å². The SMILES string of the molecule is CC(C)N1CCN2CCC[C@@H]2C1.CC(C)N1CCN2CCC[C@H]2C1. The van der Waals surface area contributed by atoms with Crippen molar-refractivity contribution in [1.82, 2.24) is 19.6 Å². The summed E-state index contributed by atoms with van der Waals surface area (Å²) in [7, 11) is 0. The first-order valence-electron chi connectivity index (χ1n) is 10.5. The quantitative estimate of drug-likeness (QED) is 0.767. The number of nitrogens with zero attached hydrogens (tertiary/aromatic N) is 4. The van der Waals surface area contributed by atoms with Gasteiger partial charge in [0.25, 0.3) is 0 Å². The molecule has 4 fully saturated rings. The van der Waals surface area contributed by atoms with Gasteiger partial charge in [-0.25, -0.2) is 0 Å². The van der Waals surface area contributed by atoms with Gasteiger partial charge in [-0.15, -0.1) is 0 Å². The minimum Gasteiger partial charge on any atom is -0.298 e. The van der Waals surface area contributed by atoms with Gasteiger partial charge in [0.05, 0.1) is 0 Å². The molecule has 4 heteroatoms. The van der Waals surface area contributed by atoms with Crippen molar-refractivity contribution in [2.24, 2.45) is 0 Å². The fraction of sp³-hybridized carbons (Fsp3) is 1.00. The van der Waals surface area contributed by atoms with Crippen molar-refractivity contribution in [3.63, 3.8) is 0 Å². The number of hydrogen-bond donors (Lipinski definition) is 0. The maximum atomic E-state index is 2.67. The van der Waals surface area contributed by atoms with E-state index in [4.69, 9.17) is 0 Å². The van der Waals surface area contributed by atoms with Gasteiger partial charge in [-0.3, -0.25) is 19.6 Å². The predicted molar refractivity (Wildman–Crippen MR) is 103 cm³/mol. The maximum absolute atomic E-state index is 2.67. The lowest BCUT2D eigenvalue weighted by Crippen LogP contribution is -2.52. The van der Waals surface area contributed by atoms with Gasteiger partial charge in [0, 0.05) is 63.4 Å². The molecule has 4 nitrogen and oxygen atoms in total. The van der Waals surface area contributed by atoms with E-state index in [1.807, 2.05) is 0 Å². The molecule has 0 aromatic rings. The van der Waals surface area contributed by atoms with E-state index in [1.165, 1.54) is 78.0 Å². The zero-order chi connectivity index (χ0) is 17.1. The van der Waals surface area contributed by atoms with Crippen LogP contribution in [0.25, 0.3) is 0 Å². The fourth-order valence-electron chi connectivity index (χ4n) is 4.97. The van der Waals surface area contributed by atoms with Crippen molar-refractivity contribution in [3.8, 4) is 0 Å². The second kappa shape index (κ2) is 8.48. The molecule has 0 N–H and O–H groups in total. The highest BCUT2D eigenvalue weighted by molar-refractivity contribution is 4.88. The molecule has 24 heavy (non-hydrogen) atoms. The first-order chi connectivity index (χ1) is 11.5. The average molecular weight is 337 g/mol. The highest BCUT2D eigenvalue weighted by Gasteiger charge is 2.31. The summed E-state index contributed by atoms with van der Waals surface area (Å²) in [5, 5.41) is 0. The minimum absolute atomic E-state index is 0.743. The predicted octanol–water partition coefficient (Wildman–Crippen LogP) is 2.35. The van der Waals surface area contributed by atoms with Gasteiger partial charge in [0.2, 0.25) is 0 Å². The van der Waals surface area contributed by atoms with Crippen LogP contribution in [-0.4, -0.2) is 96.1 Å². The van der Waals surface area contributed by atoms with Crippen molar-refractivity contribution in [3.05, 3.63) is 0 Å². The zero-order valence-corrected chi connectivity index (χ0v) is 16.6. The Morgan fingerprint density at radius 1 is 0.583 bits per heavy atom. The highest BCUT2D eigenvalue weighted by atomic mass is 15.3. The van der Waals surface area contributed by atoms with Crippen molar-refractivity contribution < 1.29 is 0 Å². The molecular weight excluding hydrogens is 296 g/mol. The molecule has 0 radical (unpaired) electrons. The summed E-state index contributed by atoms with van der Waals surface area (Å²) in [6.07, 6.45) is 5.72. The fourth-order valence-corrected chi connectivity index (χ4v) is 4.97. The molecule has 4 rings (SSSR count). The van der Waals surface area contributed by atoms with E-state index in [-0.39, 0.29) is 0 Å². The number of hydrogen-bond acceptors (Lipinski definition) is 4. The van der Waals surface area contributed by atoms with Gasteiger partial charge < -0.3 is 0 Å². The molecule has 4 aliphatic heterocycles. The van der Waals surface area contributed by atoms with E-state index < -0.39 is 0 Å². The van der Waals surface area contributed by atoms with Gasteiger partial charge in [0.1, 0.15) is 0 Å². The molecule has 0 unspecified atom stereocenters. The second-order valence-electron chi connectivity index (χ2n) is 8.84. The normalized spacial score (nSPS) is 32.8. The summed E-state index contributed by atoms with van der Waals surface area (Å²) in [6.45, 7) is 19.8. The molecule has 140 valence electrons. The Bertz CT molecular complexity index is 348. The van der Waals surface area contributed by atoms with Crippen LogP contribution >= 0.6 is 0 Å². The Kier molecular flexibility index (Phi) is 6.58. The van der Waals surface area contributed by atoms with Crippen molar-refractivity contribution in [2.45, 2.75) is 77.5 Å². The van der Waals surface area contributed by atoms with Crippen molar-refractivity contribution in [1.29, 1.82) is 0 Å². The van der Waals surface area contributed by atoms with E-state index in [1.54, 1.807) is 0 Å². The lowest BCUT2D eigenvalue weighted by atomic mass is 10.1. The smallest absolute Gasteiger partial charge is 0.0224 e. The maximum Gasteiger partial charge on any atom is 0.0224 e. The lowest BCUT2D eigenvalue weighted by molar-refractivity contribution is 0.0827. The molecular formula is C20H40N4. The molecule has 4 aliphatic rings. The lowest BCUT2D eigenvalue weighted by Gasteiger charge is -2.39. The summed E-state index contributed by atoms with van der Waals surface area (Å²) >= 11 is 0. The summed E-state index contributed by atoms with van der Waals surface area (Å²) in [4.78, 5) is 10.6. The number of rotatable bonds is 2. The van der Waals surface area contributed by atoms with Crippen LogP contribution in [0.5, 0.6) is 0 Å². The third-order valence-electron chi connectivity index (χ3n) is 6.70. The van der Waals surface area contributed by atoms with E-state index in [0.717, 1.165) is 24.2 Å². The molecule has 4 saturated heterocycles. The monoisotopic (exact) mass is 336 g/mol. The van der Waals surface area contributed by atoms with Crippen LogP contribution in [0.15, 0.2) is 0 Å². The van der Waals surface area contributed by atoms with Crippen molar-refractivity contribution >= 4 is 0 Å². The first-order valence-corrected chi connectivity index (χ1v) is 10.5. The van der Waals surface area contributed by atoms with Gasteiger partial charge in [-0.2, -0.15) is 0 Å². The van der Waals surface area contributed by atoms with E-state index in [0.29, 0.717) is 0 Å². The molecule has 0 aliphatic carbocycles. The van der Waals surface area contributed by atoms with E-state index in [9.17, 15) is 0 Å². The number of fused-ring (bicyclic) bond motifs is 2. The summed E-state index contributed by atoms with van der Waals surface area (Å²) in [5.41, 5.74) is 0. The van der Waals surface area contributed by atoms with Gasteiger partial charge in [-0.05, 0) is 66.5 Å². The molecule has 4 heterocycles. The van der Waals surface area contributed by atoms with Gasteiger partial charge in [-0.1, -0.05) is 0 Å². The summed E-state index contributed by atoms with van der Waals surface area (Å²) in [6, 6.07) is 3.27. The topological polar surface area (TPSA) is 13.0 Å². The van der Waals surface area contributed by atoms with Gasteiger partial charge in [0.15, 0.2) is 0 Å². The van der Waals surface area contributed by atoms with E-state index >= 15 is 0 Å². The Morgan fingerprint density at radius 3 is 1.38 bits per heavy atom. The second-order valence-corrected chi connectivity index (χ2v) is 8.84. The Morgan fingerprint density at radius 2 is 1.00 bits per heavy atom. The molecule has 0 amide bonds. The molecule has 0 aromatic heterocycles. The molecule has 0 aromatic carbocycles. The van der Waals surface area contributed by atoms with E-state index in [2.05, 4.69) is 47.3 Å². The third kappa shape index (κ3) is 4.51. The standard InChI is InChI=1S/2C10H20N2/c2*1-9(2)12-7-6-11-5-3-4-10(11)8-12/h2*9-10H,3-8H2,1-2H3/t2*10-/m10/s1. The largest absolute Gasteiger partial charge is 0.298 e. The third-order valence-corrected chi connectivity index (χ3v) is 6.70. The highest BCUT2D eigenvalue weighted by Crippen LogP contribution is 2.23. The van der Waals surface area contributed by atoms with Crippen LogP contribution in [0.2, 0.25) is 0 Å². The summed E-state index contributed by atoms with van der Waals surface area (Å²) in [5.74, 6) is 0. The molecule has 0 spiro atoms. The van der Waals surface area contributed by atoms with Crippen LogP contribution in [-0.2, 0) is 0 Å². The average Bonchev–Trinajstić information content (AvgIpc) is 3.22. The first kappa shape index (κ1) is 18.6. The Balaban J connectivity index is 0.000000141. The van der Waals surface area contributed by atoms with Crippen molar-refractivity contribution in [2.75, 3.05) is 52.4 Å². The summed E-state index contributed by atoms with van der Waals surface area (Å²) < 4.78 is 0. The van der Waals surface area contributed by atoms with Crippen LogP contribution < -0.4 is 0 Å². The van der Waals surface area contributed by atoms with Crippen LogP contribution in [0, 0.1) is 0 Å². The molecule has 2 atom stereocenters. The minimum atomic E-state index is 0.743. The van der Waals surface area contributed by atoms with Crippen LogP contribution in [0.3, 0.4) is 0 Å². The van der Waals surface area contributed by atoms with Crippen LogP contribution in [0.4, 0.5) is 0 Å². The number of piperazine rings is 2. The molecule has 0 saturated carbocycles.